The SMILES string of the molecule is CCNC(Cc1nccs1)C1(OC)CCC1. The number of nitrogens with zero attached hydrogens (tertiary/aromatic N) is 1. The largest absolute Gasteiger partial charge is 0.377 e. The second-order valence-electron chi connectivity index (χ2n) is 4.36. The van der Waals surface area contributed by atoms with Crippen molar-refractivity contribution in [2.75, 3.05) is 13.7 Å². The quantitative estimate of drug-likeness (QED) is 0.828. The number of ether oxygens (including phenoxy) is 1. The fraction of sp³-hybridized carbons (Fsp3) is 0.750. The predicted octanol–water partition coefficient (Wildman–Crippen LogP) is 2.23. The number of likely N-dealkylation sites (N-methyl/N-ethyl adjacent to an activating group) is 1. The zero-order valence-electron chi connectivity index (χ0n) is 10.0. The molecule has 1 heterocycles. The van der Waals surface area contributed by atoms with E-state index >= 15 is 0 Å². The van der Waals surface area contributed by atoms with E-state index in [1.165, 1.54) is 24.3 Å². The summed E-state index contributed by atoms with van der Waals surface area (Å²) in [6.45, 7) is 3.14. The molecule has 0 aliphatic heterocycles. The predicted molar refractivity (Wildman–Crippen MR) is 66.9 cm³/mol. The first-order valence-electron chi connectivity index (χ1n) is 5.97. The lowest BCUT2D eigenvalue weighted by Gasteiger charge is -2.46. The van der Waals surface area contributed by atoms with Crippen LogP contribution in [0.4, 0.5) is 0 Å². The van der Waals surface area contributed by atoms with Crippen LogP contribution in [-0.2, 0) is 11.2 Å². The van der Waals surface area contributed by atoms with E-state index in [2.05, 4.69) is 17.2 Å². The molecule has 3 nitrogen and oxygen atoms in total. The van der Waals surface area contributed by atoms with Gasteiger partial charge in [-0.05, 0) is 25.8 Å². The van der Waals surface area contributed by atoms with Crippen LogP contribution < -0.4 is 5.32 Å². The zero-order valence-corrected chi connectivity index (χ0v) is 10.8. The monoisotopic (exact) mass is 240 g/mol. The molecule has 1 aromatic heterocycles. The molecule has 1 saturated carbocycles. The summed E-state index contributed by atoms with van der Waals surface area (Å²) in [6, 6.07) is 0.405. The molecule has 1 unspecified atom stereocenters. The molecule has 0 bridgehead atoms. The fourth-order valence-electron chi connectivity index (χ4n) is 2.44. The molecule has 4 heteroatoms. The minimum absolute atomic E-state index is 0.0572. The number of nitrogens with one attached hydrogen (secondary N) is 1. The molecule has 0 saturated heterocycles. The third-order valence-corrected chi connectivity index (χ3v) is 4.36. The third kappa shape index (κ3) is 2.29. The van der Waals surface area contributed by atoms with E-state index < -0.39 is 0 Å². The Morgan fingerprint density at radius 1 is 1.62 bits per heavy atom. The summed E-state index contributed by atoms with van der Waals surface area (Å²) in [4.78, 5) is 4.37. The van der Waals surface area contributed by atoms with Gasteiger partial charge in [-0.3, -0.25) is 0 Å². The Morgan fingerprint density at radius 3 is 2.88 bits per heavy atom. The number of methoxy groups -OCH3 is 1. The number of thiazole rings is 1. The molecular formula is C12H20N2OS. The Bertz CT molecular complexity index is 303. The zero-order chi connectivity index (χ0) is 11.4. The van der Waals surface area contributed by atoms with Crippen molar-refractivity contribution in [2.45, 2.75) is 44.2 Å². The molecule has 0 spiro atoms. The van der Waals surface area contributed by atoms with Crippen molar-refractivity contribution >= 4 is 11.3 Å². The van der Waals surface area contributed by atoms with Gasteiger partial charge in [-0.15, -0.1) is 11.3 Å². The summed E-state index contributed by atoms with van der Waals surface area (Å²) in [5.74, 6) is 0. The molecule has 1 atom stereocenters. The van der Waals surface area contributed by atoms with Crippen LogP contribution in [0.1, 0.15) is 31.2 Å². The van der Waals surface area contributed by atoms with Gasteiger partial charge >= 0.3 is 0 Å². The lowest BCUT2D eigenvalue weighted by atomic mass is 9.73. The van der Waals surface area contributed by atoms with Gasteiger partial charge in [0.2, 0.25) is 0 Å². The molecule has 0 radical (unpaired) electrons. The molecular weight excluding hydrogens is 220 g/mol. The fourth-order valence-corrected chi connectivity index (χ4v) is 3.10. The van der Waals surface area contributed by atoms with Crippen molar-refractivity contribution in [2.24, 2.45) is 0 Å². The first-order chi connectivity index (χ1) is 7.80. The molecule has 0 aromatic carbocycles. The van der Waals surface area contributed by atoms with Crippen LogP contribution in [-0.4, -0.2) is 30.3 Å². The average molecular weight is 240 g/mol. The van der Waals surface area contributed by atoms with E-state index in [-0.39, 0.29) is 5.60 Å². The highest BCUT2D eigenvalue weighted by Gasteiger charge is 2.44. The number of hydrogen-bond donors (Lipinski definition) is 1. The van der Waals surface area contributed by atoms with Gasteiger partial charge in [-0.1, -0.05) is 6.92 Å². The summed E-state index contributed by atoms with van der Waals surface area (Å²) in [5, 5.41) is 6.80. The van der Waals surface area contributed by atoms with Crippen LogP contribution in [0, 0.1) is 0 Å². The van der Waals surface area contributed by atoms with Crippen molar-refractivity contribution < 1.29 is 4.74 Å². The minimum Gasteiger partial charge on any atom is -0.377 e. The van der Waals surface area contributed by atoms with E-state index in [1.54, 1.807) is 11.3 Å². The molecule has 0 amide bonds. The normalized spacial score (nSPS) is 20.4. The summed E-state index contributed by atoms with van der Waals surface area (Å²) < 4.78 is 5.75. The number of hydrogen-bond acceptors (Lipinski definition) is 4. The van der Waals surface area contributed by atoms with Gasteiger partial charge in [0.15, 0.2) is 0 Å². The maximum absolute atomic E-state index is 5.75. The van der Waals surface area contributed by atoms with E-state index in [0.717, 1.165) is 13.0 Å². The average Bonchev–Trinajstić information content (AvgIpc) is 2.70. The van der Waals surface area contributed by atoms with E-state index in [9.17, 15) is 0 Å². The summed E-state index contributed by atoms with van der Waals surface area (Å²) in [7, 11) is 1.84. The van der Waals surface area contributed by atoms with E-state index in [1.807, 2.05) is 18.7 Å². The van der Waals surface area contributed by atoms with Gasteiger partial charge in [-0.25, -0.2) is 4.98 Å². The van der Waals surface area contributed by atoms with Gasteiger partial charge in [0.05, 0.1) is 10.6 Å². The Hall–Kier alpha value is -0.450. The molecule has 16 heavy (non-hydrogen) atoms. The summed E-state index contributed by atoms with van der Waals surface area (Å²) in [6.07, 6.45) is 6.50. The third-order valence-electron chi connectivity index (χ3n) is 3.55. The van der Waals surface area contributed by atoms with E-state index in [0.29, 0.717) is 6.04 Å². The molecule has 90 valence electrons. The maximum atomic E-state index is 5.75. The standard InChI is InChI=1S/C12H20N2OS/c1-3-13-10(9-11-14-7-8-16-11)12(15-2)5-4-6-12/h7-8,10,13H,3-6,9H2,1-2H3. The Balaban J connectivity index is 2.04. The summed E-state index contributed by atoms with van der Waals surface area (Å²) in [5.41, 5.74) is 0.0572. The molecule has 1 N–H and O–H groups in total. The molecule has 2 rings (SSSR count). The smallest absolute Gasteiger partial charge is 0.0941 e. The first-order valence-corrected chi connectivity index (χ1v) is 6.85. The first kappa shape index (κ1) is 12.0. The highest BCUT2D eigenvalue weighted by atomic mass is 32.1. The van der Waals surface area contributed by atoms with Crippen molar-refractivity contribution in [3.63, 3.8) is 0 Å². The number of rotatable bonds is 6. The van der Waals surface area contributed by atoms with Crippen molar-refractivity contribution in [3.8, 4) is 0 Å². The minimum atomic E-state index is 0.0572. The highest BCUT2D eigenvalue weighted by Crippen LogP contribution is 2.39. The second-order valence-corrected chi connectivity index (χ2v) is 5.34. The number of aromatic nitrogens is 1. The molecule has 1 aliphatic carbocycles. The van der Waals surface area contributed by atoms with Crippen LogP contribution in [0.2, 0.25) is 0 Å². The molecule has 1 fully saturated rings. The Labute approximate surface area is 101 Å². The maximum Gasteiger partial charge on any atom is 0.0941 e. The van der Waals surface area contributed by atoms with Gasteiger partial charge < -0.3 is 10.1 Å². The highest BCUT2D eigenvalue weighted by molar-refractivity contribution is 7.09. The van der Waals surface area contributed by atoms with E-state index in [4.69, 9.17) is 4.74 Å². The van der Waals surface area contributed by atoms with Crippen LogP contribution in [0.15, 0.2) is 11.6 Å². The van der Waals surface area contributed by atoms with Gasteiger partial charge in [0.1, 0.15) is 0 Å². The van der Waals surface area contributed by atoms with Crippen LogP contribution in [0.3, 0.4) is 0 Å². The van der Waals surface area contributed by atoms with Gasteiger partial charge in [-0.2, -0.15) is 0 Å². The Morgan fingerprint density at radius 2 is 2.44 bits per heavy atom. The van der Waals surface area contributed by atoms with Crippen LogP contribution in [0.5, 0.6) is 0 Å². The van der Waals surface area contributed by atoms with Crippen LogP contribution in [0.25, 0.3) is 0 Å². The van der Waals surface area contributed by atoms with Gasteiger partial charge in [0, 0.05) is 31.1 Å². The Kier molecular flexibility index (Phi) is 3.95. The van der Waals surface area contributed by atoms with Gasteiger partial charge in [0.25, 0.3) is 0 Å². The van der Waals surface area contributed by atoms with Crippen molar-refractivity contribution in [3.05, 3.63) is 16.6 Å². The summed E-state index contributed by atoms with van der Waals surface area (Å²) >= 11 is 1.73. The van der Waals surface area contributed by atoms with Crippen molar-refractivity contribution in [1.82, 2.24) is 10.3 Å². The molecule has 1 aromatic rings. The van der Waals surface area contributed by atoms with Crippen LogP contribution >= 0.6 is 11.3 Å². The lowest BCUT2D eigenvalue weighted by molar-refractivity contribution is -0.0978. The topological polar surface area (TPSA) is 34.2 Å². The second kappa shape index (κ2) is 5.25. The van der Waals surface area contributed by atoms with Crippen molar-refractivity contribution in [1.29, 1.82) is 0 Å². The molecule has 1 aliphatic rings. The lowest BCUT2D eigenvalue weighted by Crippen LogP contribution is -2.57.